The van der Waals surface area contributed by atoms with E-state index in [-0.39, 0.29) is 12.8 Å². The first kappa shape index (κ1) is 14.8. The van der Waals surface area contributed by atoms with E-state index < -0.39 is 0 Å². The molecule has 0 saturated carbocycles. The highest BCUT2D eigenvalue weighted by atomic mass is 16.5. The lowest BCUT2D eigenvalue weighted by Crippen LogP contribution is -2.37. The molecule has 1 aromatic carbocycles. The van der Waals surface area contributed by atoms with Crippen molar-refractivity contribution in [3.63, 3.8) is 0 Å². The van der Waals surface area contributed by atoms with Gasteiger partial charge >= 0.3 is 6.03 Å². The first-order chi connectivity index (χ1) is 10.2. The van der Waals surface area contributed by atoms with Gasteiger partial charge in [0.05, 0.1) is 0 Å². The quantitative estimate of drug-likeness (QED) is 0.830. The van der Waals surface area contributed by atoms with Crippen LogP contribution in [0.4, 0.5) is 4.79 Å². The fourth-order valence-electron chi connectivity index (χ4n) is 1.81. The lowest BCUT2D eigenvalue weighted by molar-refractivity contribution is 0.223. The van der Waals surface area contributed by atoms with Crippen LogP contribution < -0.4 is 15.4 Å². The summed E-state index contributed by atoms with van der Waals surface area (Å²) in [5, 5.41) is 5.40. The fraction of sp³-hybridized carbons (Fsp3) is 0.250. The third kappa shape index (κ3) is 4.49. The first-order valence-electron chi connectivity index (χ1n) is 6.76. The van der Waals surface area contributed by atoms with E-state index in [1.54, 1.807) is 12.4 Å². The maximum Gasteiger partial charge on any atom is 0.317 e. The highest BCUT2D eigenvalue weighted by Crippen LogP contribution is 2.19. The minimum absolute atomic E-state index is 0.128. The second-order valence-corrected chi connectivity index (χ2v) is 4.71. The van der Waals surface area contributed by atoms with Crippen molar-refractivity contribution in [3.05, 3.63) is 59.4 Å². The van der Waals surface area contributed by atoms with Crippen LogP contribution in [0.1, 0.15) is 16.7 Å². The zero-order valence-electron chi connectivity index (χ0n) is 12.2. The van der Waals surface area contributed by atoms with Gasteiger partial charge < -0.3 is 15.4 Å². The Morgan fingerprint density at radius 2 is 2.05 bits per heavy atom. The zero-order chi connectivity index (χ0) is 15.1. The minimum atomic E-state index is -0.274. The van der Waals surface area contributed by atoms with Crippen molar-refractivity contribution in [1.82, 2.24) is 15.6 Å². The predicted molar refractivity (Wildman–Crippen MR) is 81.0 cm³/mol. The number of ether oxygens (including phenoxy) is 1. The summed E-state index contributed by atoms with van der Waals surface area (Å²) in [7, 11) is 0. The van der Waals surface area contributed by atoms with Crippen LogP contribution in [0.25, 0.3) is 0 Å². The lowest BCUT2D eigenvalue weighted by atomic mass is 10.1. The number of amides is 2. The summed E-state index contributed by atoms with van der Waals surface area (Å²) < 4.78 is 5.56. The molecule has 2 rings (SSSR count). The van der Waals surface area contributed by atoms with Crippen LogP contribution in [0.5, 0.6) is 5.75 Å². The number of nitrogens with one attached hydrogen (secondary N) is 2. The van der Waals surface area contributed by atoms with Crippen molar-refractivity contribution >= 4 is 6.03 Å². The van der Waals surface area contributed by atoms with Gasteiger partial charge in [0.15, 0.2) is 6.73 Å². The summed E-state index contributed by atoms with van der Waals surface area (Å²) >= 11 is 0. The number of nitrogens with zero attached hydrogens (tertiary/aromatic N) is 1. The standard InChI is InChI=1S/C16H19N3O2/c1-12-5-3-7-15(13(12)2)21-11-19-16(20)18-10-14-6-4-8-17-9-14/h3-9H,10-11H2,1-2H3,(H2,18,19,20). The average molecular weight is 285 g/mol. The molecule has 0 aliphatic rings. The SMILES string of the molecule is Cc1cccc(OCNC(=O)NCc2cccnc2)c1C. The minimum Gasteiger partial charge on any atom is -0.473 e. The molecule has 21 heavy (non-hydrogen) atoms. The second-order valence-electron chi connectivity index (χ2n) is 4.71. The predicted octanol–water partition coefficient (Wildman–Crippen LogP) is 2.53. The van der Waals surface area contributed by atoms with E-state index in [2.05, 4.69) is 15.6 Å². The van der Waals surface area contributed by atoms with Crippen LogP contribution in [0, 0.1) is 13.8 Å². The maximum atomic E-state index is 11.6. The Kier molecular flexibility index (Phi) is 5.15. The van der Waals surface area contributed by atoms with Crippen LogP contribution in [-0.2, 0) is 6.54 Å². The Bertz CT molecular complexity index is 600. The summed E-state index contributed by atoms with van der Waals surface area (Å²) in [4.78, 5) is 15.6. The molecule has 0 saturated heterocycles. The van der Waals surface area contributed by atoms with Crippen LogP contribution in [0.3, 0.4) is 0 Å². The average Bonchev–Trinajstić information content (AvgIpc) is 2.50. The van der Waals surface area contributed by atoms with E-state index in [1.165, 1.54) is 0 Å². The largest absolute Gasteiger partial charge is 0.473 e. The van der Waals surface area contributed by atoms with E-state index >= 15 is 0 Å². The molecule has 0 radical (unpaired) electrons. The van der Waals surface area contributed by atoms with Crippen LogP contribution in [-0.4, -0.2) is 17.7 Å². The molecular formula is C16H19N3O2. The summed E-state index contributed by atoms with van der Waals surface area (Å²) in [6.07, 6.45) is 3.41. The Balaban J connectivity index is 1.73. The van der Waals surface area contributed by atoms with Gasteiger partial charge in [0, 0.05) is 18.9 Å². The van der Waals surface area contributed by atoms with E-state index in [0.29, 0.717) is 6.54 Å². The van der Waals surface area contributed by atoms with Crippen molar-refractivity contribution < 1.29 is 9.53 Å². The van der Waals surface area contributed by atoms with E-state index in [9.17, 15) is 4.79 Å². The first-order valence-corrected chi connectivity index (χ1v) is 6.76. The van der Waals surface area contributed by atoms with Gasteiger partial charge in [-0.3, -0.25) is 4.98 Å². The number of carbonyl (C=O) groups is 1. The Labute approximate surface area is 124 Å². The topological polar surface area (TPSA) is 63.2 Å². The van der Waals surface area contributed by atoms with Crippen molar-refractivity contribution in [2.24, 2.45) is 0 Å². The number of urea groups is 1. The monoisotopic (exact) mass is 285 g/mol. The molecule has 1 heterocycles. The molecule has 1 aromatic heterocycles. The van der Waals surface area contributed by atoms with Gasteiger partial charge in [-0.1, -0.05) is 18.2 Å². The van der Waals surface area contributed by atoms with Gasteiger partial charge in [0.2, 0.25) is 0 Å². The summed E-state index contributed by atoms with van der Waals surface area (Å²) in [6.45, 7) is 4.58. The van der Waals surface area contributed by atoms with Gasteiger partial charge in [-0.05, 0) is 42.7 Å². The van der Waals surface area contributed by atoms with Gasteiger partial charge in [0.25, 0.3) is 0 Å². The summed E-state index contributed by atoms with van der Waals surface area (Å²) in [5.41, 5.74) is 3.19. The number of rotatable bonds is 5. The number of aryl methyl sites for hydroxylation is 1. The molecule has 0 fully saturated rings. The van der Waals surface area contributed by atoms with Crippen molar-refractivity contribution in [2.45, 2.75) is 20.4 Å². The second kappa shape index (κ2) is 7.28. The third-order valence-electron chi connectivity index (χ3n) is 3.19. The van der Waals surface area contributed by atoms with E-state index in [4.69, 9.17) is 4.74 Å². The molecule has 0 unspecified atom stereocenters. The van der Waals surface area contributed by atoms with Gasteiger partial charge in [-0.25, -0.2) is 4.79 Å². The lowest BCUT2D eigenvalue weighted by Gasteiger charge is -2.12. The number of hydrogen-bond donors (Lipinski definition) is 2. The molecule has 0 aliphatic heterocycles. The molecule has 2 amide bonds. The Hall–Kier alpha value is -2.56. The highest BCUT2D eigenvalue weighted by molar-refractivity contribution is 5.73. The van der Waals surface area contributed by atoms with Crippen molar-refractivity contribution in [2.75, 3.05) is 6.73 Å². The molecule has 110 valence electrons. The molecular weight excluding hydrogens is 266 g/mol. The van der Waals surface area contributed by atoms with Crippen LogP contribution >= 0.6 is 0 Å². The molecule has 5 heteroatoms. The van der Waals surface area contributed by atoms with Crippen molar-refractivity contribution in [3.8, 4) is 5.75 Å². The zero-order valence-corrected chi connectivity index (χ0v) is 12.2. The smallest absolute Gasteiger partial charge is 0.317 e. The number of aromatic nitrogens is 1. The molecule has 2 N–H and O–H groups in total. The van der Waals surface area contributed by atoms with Crippen LogP contribution in [0.15, 0.2) is 42.7 Å². The van der Waals surface area contributed by atoms with E-state index in [0.717, 1.165) is 22.4 Å². The normalized spacial score (nSPS) is 10.0. The van der Waals surface area contributed by atoms with Gasteiger partial charge in [-0.15, -0.1) is 0 Å². The Morgan fingerprint density at radius 3 is 2.81 bits per heavy atom. The van der Waals surface area contributed by atoms with Crippen molar-refractivity contribution in [1.29, 1.82) is 0 Å². The Morgan fingerprint density at radius 1 is 1.19 bits per heavy atom. The molecule has 0 atom stereocenters. The summed E-state index contributed by atoms with van der Waals surface area (Å²) in [6, 6.07) is 9.30. The number of benzene rings is 1. The molecule has 0 bridgehead atoms. The van der Waals surface area contributed by atoms with E-state index in [1.807, 2.05) is 44.2 Å². The fourth-order valence-corrected chi connectivity index (χ4v) is 1.81. The van der Waals surface area contributed by atoms with Crippen LogP contribution in [0.2, 0.25) is 0 Å². The number of carbonyl (C=O) groups excluding carboxylic acids is 1. The van der Waals surface area contributed by atoms with Gasteiger partial charge in [-0.2, -0.15) is 0 Å². The molecule has 5 nitrogen and oxygen atoms in total. The number of pyridine rings is 1. The molecule has 0 spiro atoms. The number of hydrogen-bond acceptors (Lipinski definition) is 3. The third-order valence-corrected chi connectivity index (χ3v) is 3.19. The maximum absolute atomic E-state index is 11.6. The highest BCUT2D eigenvalue weighted by Gasteiger charge is 2.03. The molecule has 0 aliphatic carbocycles. The summed E-state index contributed by atoms with van der Waals surface area (Å²) in [5.74, 6) is 0.780. The molecule has 2 aromatic rings. The van der Waals surface area contributed by atoms with Gasteiger partial charge in [0.1, 0.15) is 5.75 Å².